The van der Waals surface area contributed by atoms with Crippen LogP contribution in [0.2, 0.25) is 10.2 Å². The van der Waals surface area contributed by atoms with E-state index in [9.17, 15) is 0 Å². The Balaban J connectivity index is 2.38. The van der Waals surface area contributed by atoms with Crippen LogP contribution in [0.15, 0.2) is 48.5 Å². The van der Waals surface area contributed by atoms with E-state index in [0.29, 0.717) is 10.2 Å². The highest BCUT2D eigenvalue weighted by Crippen LogP contribution is 2.32. The first kappa shape index (κ1) is 11.5. The molecule has 18 heavy (non-hydrogen) atoms. The van der Waals surface area contributed by atoms with Gasteiger partial charge in [0.1, 0.15) is 5.69 Å². The van der Waals surface area contributed by atoms with Gasteiger partial charge in [-0.15, -0.1) is 10.2 Å². The smallest absolute Gasteiger partial charge is 0.148 e. The molecule has 0 aliphatic carbocycles. The van der Waals surface area contributed by atoms with Gasteiger partial charge >= 0.3 is 0 Å². The first-order valence-corrected chi connectivity index (χ1v) is 6.19. The third kappa shape index (κ3) is 1.84. The van der Waals surface area contributed by atoms with Crippen molar-refractivity contribution in [1.29, 1.82) is 0 Å². The molecule has 0 amide bonds. The SMILES string of the molecule is Clc1ccccc1-c1nnc(Cl)c2ccccc12. The minimum atomic E-state index is 0.404. The molecule has 88 valence electrons. The van der Waals surface area contributed by atoms with Crippen molar-refractivity contribution in [1.82, 2.24) is 10.2 Å². The van der Waals surface area contributed by atoms with Gasteiger partial charge in [0.25, 0.3) is 0 Å². The van der Waals surface area contributed by atoms with E-state index >= 15 is 0 Å². The van der Waals surface area contributed by atoms with E-state index in [-0.39, 0.29) is 0 Å². The number of hydrogen-bond acceptors (Lipinski definition) is 2. The van der Waals surface area contributed by atoms with Crippen LogP contribution in [-0.4, -0.2) is 10.2 Å². The van der Waals surface area contributed by atoms with E-state index in [1.54, 1.807) is 0 Å². The maximum atomic E-state index is 6.20. The van der Waals surface area contributed by atoms with Gasteiger partial charge in [-0.2, -0.15) is 0 Å². The van der Waals surface area contributed by atoms with Crippen LogP contribution in [-0.2, 0) is 0 Å². The molecule has 1 aromatic heterocycles. The molecule has 4 heteroatoms. The molecule has 2 nitrogen and oxygen atoms in total. The van der Waals surface area contributed by atoms with Gasteiger partial charge in [0, 0.05) is 16.3 Å². The van der Waals surface area contributed by atoms with Crippen LogP contribution in [0.1, 0.15) is 0 Å². The summed E-state index contributed by atoms with van der Waals surface area (Å²) in [6, 6.07) is 15.3. The van der Waals surface area contributed by atoms with Crippen LogP contribution in [0.3, 0.4) is 0 Å². The fourth-order valence-corrected chi connectivity index (χ4v) is 2.35. The molecule has 0 saturated carbocycles. The van der Waals surface area contributed by atoms with Crippen molar-refractivity contribution in [3.05, 3.63) is 58.7 Å². The highest BCUT2D eigenvalue weighted by molar-refractivity contribution is 6.35. The van der Waals surface area contributed by atoms with Crippen molar-refractivity contribution in [2.75, 3.05) is 0 Å². The molecule has 0 aliphatic heterocycles. The second-order valence-electron chi connectivity index (χ2n) is 3.86. The molecule has 0 aliphatic rings. The Morgan fingerprint density at radius 1 is 0.722 bits per heavy atom. The highest BCUT2D eigenvalue weighted by atomic mass is 35.5. The third-order valence-electron chi connectivity index (χ3n) is 2.77. The lowest BCUT2D eigenvalue weighted by Gasteiger charge is -2.07. The summed E-state index contributed by atoms with van der Waals surface area (Å²) in [6.07, 6.45) is 0. The van der Waals surface area contributed by atoms with E-state index in [2.05, 4.69) is 10.2 Å². The second kappa shape index (κ2) is 4.56. The average Bonchev–Trinajstić information content (AvgIpc) is 2.41. The summed E-state index contributed by atoms with van der Waals surface area (Å²) < 4.78 is 0. The first-order chi connectivity index (χ1) is 8.77. The number of rotatable bonds is 1. The quantitative estimate of drug-likeness (QED) is 0.648. The zero-order valence-corrected chi connectivity index (χ0v) is 10.8. The Labute approximate surface area is 114 Å². The third-order valence-corrected chi connectivity index (χ3v) is 3.38. The van der Waals surface area contributed by atoms with Crippen LogP contribution < -0.4 is 0 Å². The van der Waals surface area contributed by atoms with Gasteiger partial charge in [-0.05, 0) is 6.07 Å². The predicted octanol–water partition coefficient (Wildman–Crippen LogP) is 4.60. The van der Waals surface area contributed by atoms with Crippen LogP contribution in [0.4, 0.5) is 0 Å². The lowest BCUT2D eigenvalue weighted by molar-refractivity contribution is 1.06. The molecule has 3 rings (SSSR count). The minimum absolute atomic E-state index is 0.404. The average molecular weight is 275 g/mol. The fourth-order valence-electron chi connectivity index (χ4n) is 1.92. The number of nitrogens with zero attached hydrogens (tertiary/aromatic N) is 2. The Hall–Kier alpha value is -1.64. The van der Waals surface area contributed by atoms with Gasteiger partial charge in [0.2, 0.25) is 0 Å². The summed E-state index contributed by atoms with van der Waals surface area (Å²) in [5, 5.41) is 11.0. The molecule has 0 unspecified atom stereocenters. The molecule has 0 fully saturated rings. The van der Waals surface area contributed by atoms with Gasteiger partial charge in [0.15, 0.2) is 5.15 Å². The number of benzene rings is 2. The van der Waals surface area contributed by atoms with Crippen molar-refractivity contribution >= 4 is 34.0 Å². The minimum Gasteiger partial charge on any atom is -0.148 e. The first-order valence-electron chi connectivity index (χ1n) is 5.43. The van der Waals surface area contributed by atoms with Gasteiger partial charge in [-0.1, -0.05) is 65.7 Å². The number of halogens is 2. The topological polar surface area (TPSA) is 25.8 Å². The van der Waals surface area contributed by atoms with Gasteiger partial charge in [-0.25, -0.2) is 0 Å². The van der Waals surface area contributed by atoms with Crippen LogP contribution in [0.25, 0.3) is 22.0 Å². The van der Waals surface area contributed by atoms with Crippen LogP contribution >= 0.6 is 23.2 Å². The molecule has 0 saturated heterocycles. The number of hydrogen-bond donors (Lipinski definition) is 0. The van der Waals surface area contributed by atoms with E-state index in [0.717, 1.165) is 22.0 Å². The molecule has 2 aromatic carbocycles. The zero-order chi connectivity index (χ0) is 12.5. The summed E-state index contributed by atoms with van der Waals surface area (Å²) in [5.41, 5.74) is 1.61. The molecule has 0 spiro atoms. The van der Waals surface area contributed by atoms with Gasteiger partial charge in [0.05, 0.1) is 5.02 Å². The lowest BCUT2D eigenvalue weighted by Crippen LogP contribution is -1.91. The molecule has 0 radical (unpaired) electrons. The fraction of sp³-hybridized carbons (Fsp3) is 0. The standard InChI is InChI=1S/C14H8Cl2N2/c15-12-8-4-3-7-11(12)13-9-5-1-2-6-10(9)14(16)18-17-13/h1-8H. The Morgan fingerprint density at radius 2 is 1.39 bits per heavy atom. The maximum Gasteiger partial charge on any atom is 0.159 e. The number of aromatic nitrogens is 2. The van der Waals surface area contributed by atoms with Gasteiger partial charge in [-0.3, -0.25) is 0 Å². The molecular formula is C14H8Cl2N2. The lowest BCUT2D eigenvalue weighted by atomic mass is 10.1. The largest absolute Gasteiger partial charge is 0.159 e. The van der Waals surface area contributed by atoms with E-state index in [4.69, 9.17) is 23.2 Å². The van der Waals surface area contributed by atoms with Crippen molar-refractivity contribution in [3.63, 3.8) is 0 Å². The predicted molar refractivity (Wildman–Crippen MR) is 75.0 cm³/mol. The van der Waals surface area contributed by atoms with Crippen molar-refractivity contribution in [2.45, 2.75) is 0 Å². The zero-order valence-electron chi connectivity index (χ0n) is 9.27. The summed E-state index contributed by atoms with van der Waals surface area (Å²) in [6.45, 7) is 0. The van der Waals surface area contributed by atoms with E-state index < -0.39 is 0 Å². The summed E-state index contributed by atoms with van der Waals surface area (Å²) >= 11 is 12.2. The molecule has 1 heterocycles. The summed E-state index contributed by atoms with van der Waals surface area (Å²) in [4.78, 5) is 0. The Bertz CT molecular complexity index is 726. The summed E-state index contributed by atoms with van der Waals surface area (Å²) in [7, 11) is 0. The van der Waals surface area contributed by atoms with Crippen LogP contribution in [0, 0.1) is 0 Å². The van der Waals surface area contributed by atoms with Crippen LogP contribution in [0.5, 0.6) is 0 Å². The van der Waals surface area contributed by atoms with Gasteiger partial charge < -0.3 is 0 Å². The maximum absolute atomic E-state index is 6.20. The highest BCUT2D eigenvalue weighted by Gasteiger charge is 2.11. The van der Waals surface area contributed by atoms with E-state index in [1.165, 1.54) is 0 Å². The summed E-state index contributed by atoms with van der Waals surface area (Å²) in [5.74, 6) is 0. The molecule has 0 N–H and O–H groups in total. The molecule has 0 atom stereocenters. The van der Waals surface area contributed by atoms with Crippen molar-refractivity contribution < 1.29 is 0 Å². The van der Waals surface area contributed by atoms with Crippen molar-refractivity contribution in [2.24, 2.45) is 0 Å². The molecule has 3 aromatic rings. The normalized spacial score (nSPS) is 10.8. The van der Waals surface area contributed by atoms with E-state index in [1.807, 2.05) is 48.5 Å². The molecule has 0 bridgehead atoms. The number of fused-ring (bicyclic) bond motifs is 1. The monoisotopic (exact) mass is 274 g/mol. The Morgan fingerprint density at radius 3 is 2.17 bits per heavy atom. The van der Waals surface area contributed by atoms with Crippen molar-refractivity contribution in [3.8, 4) is 11.3 Å². The Kier molecular flexibility index (Phi) is 2.90. The second-order valence-corrected chi connectivity index (χ2v) is 4.63. The molecular weight excluding hydrogens is 267 g/mol.